The van der Waals surface area contributed by atoms with Crippen LogP contribution in [-0.2, 0) is 0 Å². The van der Waals surface area contributed by atoms with Gasteiger partial charge in [0.1, 0.15) is 0 Å². The van der Waals surface area contributed by atoms with Crippen molar-refractivity contribution in [2.24, 2.45) is 0 Å². The molecule has 0 spiro atoms. The summed E-state index contributed by atoms with van der Waals surface area (Å²) in [5.41, 5.74) is 2.08. The Labute approximate surface area is 109 Å². The van der Waals surface area contributed by atoms with Crippen LogP contribution in [0.5, 0.6) is 0 Å². The smallest absolute Gasteiger partial charge is 0.150 e. The molecular weight excluding hydrogens is 224 g/mol. The van der Waals surface area contributed by atoms with E-state index in [2.05, 4.69) is 22.1 Å². The molecule has 0 amide bonds. The summed E-state index contributed by atoms with van der Waals surface area (Å²) in [7, 11) is 0. The van der Waals surface area contributed by atoms with Gasteiger partial charge in [-0.25, -0.2) is 4.98 Å². The van der Waals surface area contributed by atoms with Crippen LogP contribution < -0.4 is 10.2 Å². The summed E-state index contributed by atoms with van der Waals surface area (Å²) in [5, 5.41) is 3.58. The molecule has 18 heavy (non-hydrogen) atoms. The molecule has 1 saturated carbocycles. The topological polar surface area (TPSA) is 41.1 Å². The third-order valence-corrected chi connectivity index (χ3v) is 3.89. The SMILES string of the molecule is Cc1cnc(C)c(N(CC2CCCN2)C2CC2)n1. The number of anilines is 1. The first kappa shape index (κ1) is 11.9. The van der Waals surface area contributed by atoms with Crippen molar-refractivity contribution >= 4 is 5.82 Å². The number of aryl methyl sites for hydroxylation is 2. The fourth-order valence-corrected chi connectivity index (χ4v) is 2.74. The van der Waals surface area contributed by atoms with Crippen LogP contribution >= 0.6 is 0 Å². The number of nitrogens with one attached hydrogen (secondary N) is 1. The van der Waals surface area contributed by atoms with E-state index in [0.29, 0.717) is 12.1 Å². The molecule has 2 aliphatic rings. The van der Waals surface area contributed by atoms with E-state index >= 15 is 0 Å². The van der Waals surface area contributed by atoms with Gasteiger partial charge in [0.05, 0.1) is 11.4 Å². The van der Waals surface area contributed by atoms with Gasteiger partial charge in [0, 0.05) is 24.8 Å². The Balaban J connectivity index is 1.81. The Morgan fingerprint density at radius 2 is 2.17 bits per heavy atom. The number of hydrogen-bond donors (Lipinski definition) is 1. The molecule has 3 rings (SSSR count). The molecule has 2 heterocycles. The molecule has 0 radical (unpaired) electrons. The Bertz CT molecular complexity index is 422. The van der Waals surface area contributed by atoms with E-state index in [4.69, 9.17) is 4.98 Å². The molecule has 1 unspecified atom stereocenters. The van der Waals surface area contributed by atoms with E-state index in [1.165, 1.54) is 32.2 Å². The van der Waals surface area contributed by atoms with Gasteiger partial charge in [0.15, 0.2) is 5.82 Å². The van der Waals surface area contributed by atoms with Gasteiger partial charge in [-0.2, -0.15) is 0 Å². The predicted molar refractivity (Wildman–Crippen MR) is 72.9 cm³/mol. The van der Waals surface area contributed by atoms with E-state index < -0.39 is 0 Å². The van der Waals surface area contributed by atoms with E-state index in [-0.39, 0.29) is 0 Å². The van der Waals surface area contributed by atoms with Crippen molar-refractivity contribution in [1.29, 1.82) is 0 Å². The van der Waals surface area contributed by atoms with E-state index in [1.807, 2.05) is 13.1 Å². The quantitative estimate of drug-likeness (QED) is 0.880. The summed E-state index contributed by atoms with van der Waals surface area (Å²) >= 11 is 0. The van der Waals surface area contributed by atoms with Crippen molar-refractivity contribution in [3.05, 3.63) is 17.6 Å². The van der Waals surface area contributed by atoms with Crippen LogP contribution in [0.15, 0.2) is 6.20 Å². The lowest BCUT2D eigenvalue weighted by Gasteiger charge is -2.28. The van der Waals surface area contributed by atoms with Crippen LogP contribution in [0.2, 0.25) is 0 Å². The maximum Gasteiger partial charge on any atom is 0.150 e. The number of nitrogens with zero attached hydrogens (tertiary/aromatic N) is 3. The minimum absolute atomic E-state index is 0.632. The number of aromatic nitrogens is 2. The highest BCUT2D eigenvalue weighted by Crippen LogP contribution is 2.32. The highest BCUT2D eigenvalue weighted by Gasteiger charge is 2.33. The first-order valence-corrected chi connectivity index (χ1v) is 7.04. The van der Waals surface area contributed by atoms with Crippen LogP contribution in [0.4, 0.5) is 5.82 Å². The highest BCUT2D eigenvalue weighted by molar-refractivity contribution is 5.46. The van der Waals surface area contributed by atoms with E-state index in [0.717, 1.165) is 23.8 Å². The summed E-state index contributed by atoms with van der Waals surface area (Å²) in [5.74, 6) is 1.10. The molecular formula is C14H22N4. The fraction of sp³-hybridized carbons (Fsp3) is 0.714. The fourth-order valence-electron chi connectivity index (χ4n) is 2.74. The standard InChI is InChI=1S/C14H22N4/c1-10-8-16-11(2)14(17-10)18(13-5-6-13)9-12-4-3-7-15-12/h8,12-13,15H,3-7,9H2,1-2H3. The second-order valence-corrected chi connectivity index (χ2v) is 5.60. The monoisotopic (exact) mass is 246 g/mol. The normalized spacial score (nSPS) is 23.3. The third kappa shape index (κ3) is 2.48. The predicted octanol–water partition coefficient (Wildman–Crippen LogP) is 1.81. The molecule has 1 aliphatic heterocycles. The second-order valence-electron chi connectivity index (χ2n) is 5.60. The summed E-state index contributed by atoms with van der Waals surface area (Å²) in [6.07, 6.45) is 7.07. The maximum absolute atomic E-state index is 4.71. The van der Waals surface area contributed by atoms with Crippen molar-refractivity contribution < 1.29 is 0 Å². The molecule has 98 valence electrons. The zero-order valence-corrected chi connectivity index (χ0v) is 11.3. The zero-order chi connectivity index (χ0) is 12.5. The van der Waals surface area contributed by atoms with E-state index in [9.17, 15) is 0 Å². The van der Waals surface area contributed by atoms with Crippen molar-refractivity contribution in [2.75, 3.05) is 18.0 Å². The first-order chi connectivity index (χ1) is 8.74. The molecule has 1 aliphatic carbocycles. The van der Waals surface area contributed by atoms with Crippen LogP contribution in [0.1, 0.15) is 37.1 Å². The Hall–Kier alpha value is -1.16. The van der Waals surface area contributed by atoms with Gasteiger partial charge < -0.3 is 10.2 Å². The Morgan fingerprint density at radius 1 is 1.33 bits per heavy atom. The minimum atomic E-state index is 0.632. The van der Waals surface area contributed by atoms with Crippen LogP contribution in [-0.4, -0.2) is 35.1 Å². The molecule has 0 aromatic carbocycles. The largest absolute Gasteiger partial charge is 0.351 e. The van der Waals surface area contributed by atoms with Gasteiger partial charge in [-0.15, -0.1) is 0 Å². The average molecular weight is 246 g/mol. The van der Waals surface area contributed by atoms with Crippen LogP contribution in [0.3, 0.4) is 0 Å². The maximum atomic E-state index is 4.71. The summed E-state index contributed by atoms with van der Waals surface area (Å²) in [4.78, 5) is 11.7. The van der Waals surface area contributed by atoms with Gasteiger partial charge in [-0.1, -0.05) is 0 Å². The van der Waals surface area contributed by atoms with Gasteiger partial charge >= 0.3 is 0 Å². The van der Waals surface area contributed by atoms with Crippen LogP contribution in [0.25, 0.3) is 0 Å². The number of hydrogen-bond acceptors (Lipinski definition) is 4. The van der Waals surface area contributed by atoms with Gasteiger partial charge in [-0.3, -0.25) is 4.98 Å². The van der Waals surface area contributed by atoms with E-state index in [1.54, 1.807) is 0 Å². The van der Waals surface area contributed by atoms with Gasteiger partial charge in [0.2, 0.25) is 0 Å². The number of rotatable bonds is 4. The summed E-state index contributed by atoms with van der Waals surface area (Å²) < 4.78 is 0. The summed E-state index contributed by atoms with van der Waals surface area (Å²) in [6.45, 7) is 6.35. The van der Waals surface area contributed by atoms with Crippen LogP contribution in [0, 0.1) is 13.8 Å². The lowest BCUT2D eigenvalue weighted by Crippen LogP contribution is -2.39. The molecule has 2 fully saturated rings. The molecule has 1 aromatic heterocycles. The van der Waals surface area contributed by atoms with Crippen molar-refractivity contribution in [1.82, 2.24) is 15.3 Å². The molecule has 1 N–H and O–H groups in total. The minimum Gasteiger partial charge on any atom is -0.351 e. The molecule has 1 aromatic rings. The van der Waals surface area contributed by atoms with Gasteiger partial charge in [0.25, 0.3) is 0 Å². The van der Waals surface area contributed by atoms with Crippen molar-refractivity contribution in [2.45, 2.75) is 51.6 Å². The van der Waals surface area contributed by atoms with Crippen molar-refractivity contribution in [3.8, 4) is 0 Å². The van der Waals surface area contributed by atoms with Gasteiger partial charge in [-0.05, 0) is 46.1 Å². The third-order valence-electron chi connectivity index (χ3n) is 3.89. The molecule has 4 heteroatoms. The average Bonchev–Trinajstić information content (AvgIpc) is 3.07. The molecule has 0 bridgehead atoms. The second kappa shape index (κ2) is 4.84. The first-order valence-electron chi connectivity index (χ1n) is 7.04. The zero-order valence-electron chi connectivity index (χ0n) is 11.3. The van der Waals surface area contributed by atoms with Crippen molar-refractivity contribution in [3.63, 3.8) is 0 Å². The highest BCUT2D eigenvalue weighted by atomic mass is 15.3. The summed E-state index contributed by atoms with van der Waals surface area (Å²) in [6, 6.07) is 1.33. The lowest BCUT2D eigenvalue weighted by atomic mass is 10.2. The molecule has 1 saturated heterocycles. The Kier molecular flexibility index (Phi) is 3.20. The Morgan fingerprint density at radius 3 is 2.83 bits per heavy atom. The lowest BCUT2D eigenvalue weighted by molar-refractivity contribution is 0.573. The molecule has 4 nitrogen and oxygen atoms in total. The molecule has 1 atom stereocenters.